The maximum Gasteiger partial charge on any atom is 0.253 e. The number of rotatable bonds is 1. The number of carbonyl (C=O) groups is 1. The summed E-state index contributed by atoms with van der Waals surface area (Å²) >= 11 is 0. The first-order valence-electron chi connectivity index (χ1n) is 6.84. The molecule has 1 aromatic rings. The summed E-state index contributed by atoms with van der Waals surface area (Å²) < 4.78 is 0. The van der Waals surface area contributed by atoms with Crippen LogP contribution in [0.1, 0.15) is 35.2 Å². The van der Waals surface area contributed by atoms with Crippen molar-refractivity contribution in [3.63, 3.8) is 0 Å². The Kier molecular flexibility index (Phi) is 3.08. The minimum absolute atomic E-state index is 0.185. The normalized spacial score (nSPS) is 27.1. The van der Waals surface area contributed by atoms with Crippen molar-refractivity contribution in [2.75, 3.05) is 13.1 Å². The lowest BCUT2D eigenvalue weighted by Gasteiger charge is -2.24. The van der Waals surface area contributed by atoms with E-state index in [2.05, 4.69) is 5.32 Å². The molecule has 1 aromatic carbocycles. The molecule has 3 rings (SSSR count). The monoisotopic (exact) mass is 244 g/mol. The molecular formula is C15H20N2O. The fourth-order valence-corrected chi connectivity index (χ4v) is 3.01. The molecule has 18 heavy (non-hydrogen) atoms. The molecule has 0 radical (unpaired) electrons. The highest BCUT2D eigenvalue weighted by atomic mass is 16.2. The van der Waals surface area contributed by atoms with Gasteiger partial charge in [0, 0.05) is 30.7 Å². The molecule has 0 spiro atoms. The Bertz CT molecular complexity index is 440. The zero-order chi connectivity index (χ0) is 12.5. The molecule has 0 aromatic heterocycles. The molecule has 2 bridgehead atoms. The summed E-state index contributed by atoms with van der Waals surface area (Å²) in [5.74, 6) is 0.185. The molecule has 96 valence electrons. The van der Waals surface area contributed by atoms with Gasteiger partial charge in [0.25, 0.3) is 5.91 Å². The van der Waals surface area contributed by atoms with Gasteiger partial charge in [-0.1, -0.05) is 17.7 Å². The standard InChI is InChI=1S/C15H20N2O/c1-11-2-4-12(5-3-11)15(18)17-9-8-13-6-7-14(10-17)16-13/h2-5,13-14,16H,6-10H2,1H3. The number of likely N-dealkylation sites (tertiary alicyclic amines) is 1. The summed E-state index contributed by atoms with van der Waals surface area (Å²) in [6.45, 7) is 3.80. The molecule has 2 aliphatic heterocycles. The molecule has 2 unspecified atom stereocenters. The van der Waals surface area contributed by atoms with Gasteiger partial charge in [0.15, 0.2) is 0 Å². The molecule has 2 atom stereocenters. The van der Waals surface area contributed by atoms with Crippen LogP contribution in [0.15, 0.2) is 24.3 Å². The molecule has 2 aliphatic rings. The van der Waals surface area contributed by atoms with Crippen LogP contribution >= 0.6 is 0 Å². The Morgan fingerprint density at radius 3 is 2.67 bits per heavy atom. The van der Waals surface area contributed by atoms with Crippen molar-refractivity contribution in [3.8, 4) is 0 Å². The van der Waals surface area contributed by atoms with Crippen molar-refractivity contribution in [3.05, 3.63) is 35.4 Å². The van der Waals surface area contributed by atoms with E-state index in [0.29, 0.717) is 12.1 Å². The van der Waals surface area contributed by atoms with Gasteiger partial charge in [0.1, 0.15) is 0 Å². The minimum atomic E-state index is 0.185. The Hall–Kier alpha value is -1.35. The second-order valence-corrected chi connectivity index (χ2v) is 5.54. The van der Waals surface area contributed by atoms with Crippen LogP contribution in [0.3, 0.4) is 0 Å². The van der Waals surface area contributed by atoms with Crippen molar-refractivity contribution in [1.82, 2.24) is 10.2 Å². The third-order valence-corrected chi connectivity index (χ3v) is 4.11. The van der Waals surface area contributed by atoms with Crippen molar-refractivity contribution >= 4 is 5.91 Å². The van der Waals surface area contributed by atoms with E-state index < -0.39 is 0 Å². The molecule has 1 N–H and O–H groups in total. The number of nitrogens with one attached hydrogen (secondary N) is 1. The van der Waals surface area contributed by atoms with Crippen LogP contribution in [0.4, 0.5) is 0 Å². The SMILES string of the molecule is Cc1ccc(C(=O)N2CCC3CCC(C2)N3)cc1. The number of carbonyl (C=O) groups excluding carboxylic acids is 1. The summed E-state index contributed by atoms with van der Waals surface area (Å²) in [7, 11) is 0. The number of hydrogen-bond acceptors (Lipinski definition) is 2. The van der Waals surface area contributed by atoms with Crippen LogP contribution in [-0.2, 0) is 0 Å². The molecule has 2 heterocycles. The quantitative estimate of drug-likeness (QED) is 0.819. The molecule has 1 amide bonds. The smallest absolute Gasteiger partial charge is 0.253 e. The van der Waals surface area contributed by atoms with Crippen molar-refractivity contribution in [2.24, 2.45) is 0 Å². The number of aryl methyl sites for hydroxylation is 1. The van der Waals surface area contributed by atoms with E-state index in [4.69, 9.17) is 0 Å². The number of amides is 1. The highest BCUT2D eigenvalue weighted by Crippen LogP contribution is 2.21. The lowest BCUT2D eigenvalue weighted by molar-refractivity contribution is 0.0748. The maximum absolute atomic E-state index is 12.4. The van der Waals surface area contributed by atoms with Gasteiger partial charge in [0.05, 0.1) is 0 Å². The van der Waals surface area contributed by atoms with Gasteiger partial charge in [-0.05, 0) is 38.3 Å². The first-order chi connectivity index (χ1) is 8.72. The van der Waals surface area contributed by atoms with E-state index in [-0.39, 0.29) is 5.91 Å². The van der Waals surface area contributed by atoms with Crippen LogP contribution in [0, 0.1) is 6.92 Å². The summed E-state index contributed by atoms with van der Waals surface area (Å²) in [6, 6.07) is 9.03. The van der Waals surface area contributed by atoms with E-state index in [1.807, 2.05) is 36.1 Å². The molecule has 2 saturated heterocycles. The lowest BCUT2D eigenvalue weighted by atomic mass is 10.1. The van der Waals surface area contributed by atoms with Crippen LogP contribution < -0.4 is 5.32 Å². The van der Waals surface area contributed by atoms with Gasteiger partial charge >= 0.3 is 0 Å². The predicted octanol–water partition coefficient (Wildman–Crippen LogP) is 1.96. The van der Waals surface area contributed by atoms with Gasteiger partial charge < -0.3 is 10.2 Å². The van der Waals surface area contributed by atoms with E-state index in [1.54, 1.807) is 0 Å². The molecule has 2 fully saturated rings. The third kappa shape index (κ3) is 2.27. The zero-order valence-electron chi connectivity index (χ0n) is 10.9. The van der Waals surface area contributed by atoms with Gasteiger partial charge in [-0.15, -0.1) is 0 Å². The van der Waals surface area contributed by atoms with E-state index in [0.717, 1.165) is 25.1 Å². The van der Waals surface area contributed by atoms with E-state index in [1.165, 1.54) is 18.4 Å². The van der Waals surface area contributed by atoms with Crippen molar-refractivity contribution in [1.29, 1.82) is 0 Å². The number of fused-ring (bicyclic) bond motifs is 2. The Morgan fingerprint density at radius 2 is 1.89 bits per heavy atom. The third-order valence-electron chi connectivity index (χ3n) is 4.11. The Balaban J connectivity index is 1.74. The molecule has 3 nitrogen and oxygen atoms in total. The van der Waals surface area contributed by atoms with Crippen LogP contribution in [0.25, 0.3) is 0 Å². The number of hydrogen-bond donors (Lipinski definition) is 1. The van der Waals surface area contributed by atoms with Gasteiger partial charge in [-0.2, -0.15) is 0 Å². The Morgan fingerprint density at radius 1 is 1.17 bits per heavy atom. The molecular weight excluding hydrogens is 224 g/mol. The van der Waals surface area contributed by atoms with Gasteiger partial charge in [-0.3, -0.25) is 4.79 Å². The van der Waals surface area contributed by atoms with Gasteiger partial charge in [-0.25, -0.2) is 0 Å². The zero-order valence-corrected chi connectivity index (χ0v) is 10.9. The summed E-state index contributed by atoms with van der Waals surface area (Å²) in [6.07, 6.45) is 3.58. The second-order valence-electron chi connectivity index (χ2n) is 5.54. The predicted molar refractivity (Wildman–Crippen MR) is 71.6 cm³/mol. The summed E-state index contributed by atoms with van der Waals surface area (Å²) in [5.41, 5.74) is 2.02. The van der Waals surface area contributed by atoms with E-state index in [9.17, 15) is 4.79 Å². The fraction of sp³-hybridized carbons (Fsp3) is 0.533. The first-order valence-corrected chi connectivity index (χ1v) is 6.84. The van der Waals surface area contributed by atoms with E-state index >= 15 is 0 Å². The first kappa shape index (κ1) is 11.7. The molecule has 0 aliphatic carbocycles. The largest absolute Gasteiger partial charge is 0.337 e. The average Bonchev–Trinajstić information content (AvgIpc) is 2.69. The number of benzene rings is 1. The average molecular weight is 244 g/mol. The summed E-state index contributed by atoms with van der Waals surface area (Å²) in [5, 5.41) is 3.60. The number of nitrogens with zero attached hydrogens (tertiary/aromatic N) is 1. The molecule has 3 heteroatoms. The van der Waals surface area contributed by atoms with Crippen molar-refractivity contribution in [2.45, 2.75) is 38.3 Å². The fourth-order valence-electron chi connectivity index (χ4n) is 3.01. The van der Waals surface area contributed by atoms with Crippen LogP contribution in [0.2, 0.25) is 0 Å². The highest BCUT2D eigenvalue weighted by molar-refractivity contribution is 5.94. The topological polar surface area (TPSA) is 32.3 Å². The maximum atomic E-state index is 12.4. The summed E-state index contributed by atoms with van der Waals surface area (Å²) in [4.78, 5) is 14.5. The highest BCUT2D eigenvalue weighted by Gasteiger charge is 2.31. The second kappa shape index (κ2) is 4.73. The van der Waals surface area contributed by atoms with Crippen molar-refractivity contribution < 1.29 is 4.79 Å². The van der Waals surface area contributed by atoms with Gasteiger partial charge in [0.2, 0.25) is 0 Å². The minimum Gasteiger partial charge on any atom is -0.337 e. The van der Waals surface area contributed by atoms with Crippen LogP contribution in [0.5, 0.6) is 0 Å². The lowest BCUT2D eigenvalue weighted by Crippen LogP contribution is -2.39. The Labute approximate surface area is 108 Å². The van der Waals surface area contributed by atoms with Crippen LogP contribution in [-0.4, -0.2) is 36.0 Å². The molecule has 0 saturated carbocycles.